The van der Waals surface area contributed by atoms with Gasteiger partial charge in [-0.3, -0.25) is 0 Å². The summed E-state index contributed by atoms with van der Waals surface area (Å²) in [5.74, 6) is 0. The largest absolute Gasteiger partial charge is 0.383 e. The lowest BCUT2D eigenvalue weighted by Gasteiger charge is -2.11. The first kappa shape index (κ1) is 16.7. The standard InChI is InChI=1S/C23H21NO/c1-19-12-14-21(15-13-19)18-24-25-23(22-10-6-3-7-11-22)17-16-20-8-4-2-5-9-20/h2-18,23H,1H3/b17-16+,24-18+/t23-/m0/s1. The highest BCUT2D eigenvalue weighted by Gasteiger charge is 2.08. The van der Waals surface area contributed by atoms with Crippen LogP contribution in [0.25, 0.3) is 6.08 Å². The molecule has 3 rings (SSSR count). The lowest BCUT2D eigenvalue weighted by atomic mass is 10.1. The Morgan fingerprint density at radius 3 is 2.08 bits per heavy atom. The summed E-state index contributed by atoms with van der Waals surface area (Å²) in [5.41, 5.74) is 4.45. The van der Waals surface area contributed by atoms with Gasteiger partial charge in [-0.2, -0.15) is 0 Å². The van der Waals surface area contributed by atoms with E-state index >= 15 is 0 Å². The molecular weight excluding hydrogens is 306 g/mol. The molecular formula is C23H21NO. The first-order chi connectivity index (χ1) is 12.3. The van der Waals surface area contributed by atoms with Crippen LogP contribution in [0.15, 0.2) is 96.2 Å². The van der Waals surface area contributed by atoms with Gasteiger partial charge in [0.2, 0.25) is 0 Å². The van der Waals surface area contributed by atoms with Crippen LogP contribution in [0.1, 0.15) is 28.4 Å². The van der Waals surface area contributed by atoms with Crippen LogP contribution < -0.4 is 0 Å². The molecule has 1 atom stereocenters. The van der Waals surface area contributed by atoms with Crippen LogP contribution in [0, 0.1) is 6.92 Å². The van der Waals surface area contributed by atoms with Crippen LogP contribution >= 0.6 is 0 Å². The fourth-order valence-corrected chi connectivity index (χ4v) is 2.42. The smallest absolute Gasteiger partial charge is 0.171 e. The molecule has 0 amide bonds. The maximum Gasteiger partial charge on any atom is 0.171 e. The van der Waals surface area contributed by atoms with Gasteiger partial charge in [0.15, 0.2) is 6.10 Å². The maximum atomic E-state index is 5.77. The number of benzene rings is 3. The molecule has 0 aliphatic heterocycles. The Hall–Kier alpha value is -3.13. The second-order valence-electron chi connectivity index (χ2n) is 5.85. The summed E-state index contributed by atoms with van der Waals surface area (Å²) in [6.45, 7) is 2.07. The molecule has 0 spiro atoms. The SMILES string of the molecule is Cc1ccc(/C=N/O[C@@H](/C=C/c2ccccc2)c2ccccc2)cc1. The van der Waals surface area contributed by atoms with Crippen molar-refractivity contribution in [2.45, 2.75) is 13.0 Å². The van der Waals surface area contributed by atoms with Gasteiger partial charge in [0, 0.05) is 0 Å². The Kier molecular flexibility index (Phi) is 5.78. The molecule has 0 saturated carbocycles. The van der Waals surface area contributed by atoms with Crippen LogP contribution in [0.2, 0.25) is 0 Å². The van der Waals surface area contributed by atoms with Gasteiger partial charge in [0.25, 0.3) is 0 Å². The number of oxime groups is 1. The molecule has 124 valence electrons. The van der Waals surface area contributed by atoms with E-state index in [9.17, 15) is 0 Å². The molecule has 2 heteroatoms. The van der Waals surface area contributed by atoms with E-state index in [1.165, 1.54) is 5.56 Å². The Morgan fingerprint density at radius 2 is 1.40 bits per heavy atom. The Bertz CT molecular complexity index is 821. The van der Waals surface area contributed by atoms with Crippen molar-refractivity contribution in [3.05, 3.63) is 113 Å². The van der Waals surface area contributed by atoms with Gasteiger partial charge < -0.3 is 4.84 Å². The fraction of sp³-hybridized carbons (Fsp3) is 0.0870. The number of hydrogen-bond acceptors (Lipinski definition) is 2. The fourth-order valence-electron chi connectivity index (χ4n) is 2.42. The van der Waals surface area contributed by atoms with Crippen LogP contribution in [0.5, 0.6) is 0 Å². The predicted octanol–water partition coefficient (Wildman–Crippen LogP) is 5.80. The van der Waals surface area contributed by atoms with E-state index in [1.54, 1.807) is 6.21 Å². The molecule has 0 heterocycles. The Labute approximate surface area is 149 Å². The van der Waals surface area contributed by atoms with Crippen molar-refractivity contribution in [3.63, 3.8) is 0 Å². The molecule has 0 unspecified atom stereocenters. The average Bonchev–Trinajstić information content (AvgIpc) is 2.67. The second kappa shape index (κ2) is 8.65. The van der Waals surface area contributed by atoms with Gasteiger partial charge >= 0.3 is 0 Å². The minimum absolute atomic E-state index is 0.233. The monoisotopic (exact) mass is 327 g/mol. The second-order valence-corrected chi connectivity index (χ2v) is 5.85. The topological polar surface area (TPSA) is 21.6 Å². The minimum atomic E-state index is -0.233. The van der Waals surface area contributed by atoms with Gasteiger partial charge in [-0.25, -0.2) is 0 Å². The highest BCUT2D eigenvalue weighted by Crippen LogP contribution is 2.20. The van der Waals surface area contributed by atoms with Crippen molar-refractivity contribution in [2.75, 3.05) is 0 Å². The van der Waals surface area contributed by atoms with Gasteiger partial charge in [-0.15, -0.1) is 0 Å². The summed E-state index contributed by atoms with van der Waals surface area (Å²) in [6, 6.07) is 28.4. The lowest BCUT2D eigenvalue weighted by Crippen LogP contribution is -1.97. The third-order valence-electron chi connectivity index (χ3n) is 3.84. The predicted molar refractivity (Wildman–Crippen MR) is 105 cm³/mol. The van der Waals surface area contributed by atoms with E-state index in [1.807, 2.05) is 66.7 Å². The Morgan fingerprint density at radius 1 is 0.760 bits per heavy atom. The van der Waals surface area contributed by atoms with Crippen molar-refractivity contribution in [1.82, 2.24) is 0 Å². The van der Waals surface area contributed by atoms with E-state index in [4.69, 9.17) is 4.84 Å². The number of aryl methyl sites for hydroxylation is 1. The molecule has 0 bridgehead atoms. The van der Waals surface area contributed by atoms with Gasteiger partial charge in [0.1, 0.15) is 0 Å². The van der Waals surface area contributed by atoms with E-state index in [0.29, 0.717) is 0 Å². The van der Waals surface area contributed by atoms with Crippen molar-refractivity contribution >= 4 is 12.3 Å². The summed E-state index contributed by atoms with van der Waals surface area (Å²) >= 11 is 0. The average molecular weight is 327 g/mol. The van der Waals surface area contributed by atoms with E-state index < -0.39 is 0 Å². The van der Waals surface area contributed by atoms with Crippen LogP contribution in [0.3, 0.4) is 0 Å². The Balaban J connectivity index is 1.74. The van der Waals surface area contributed by atoms with Crippen molar-refractivity contribution in [1.29, 1.82) is 0 Å². The molecule has 0 fully saturated rings. The molecule has 0 aromatic heterocycles. The first-order valence-corrected chi connectivity index (χ1v) is 8.35. The molecule has 25 heavy (non-hydrogen) atoms. The number of hydrogen-bond donors (Lipinski definition) is 0. The van der Waals surface area contributed by atoms with Crippen LogP contribution in [-0.4, -0.2) is 6.21 Å². The molecule has 0 aliphatic carbocycles. The minimum Gasteiger partial charge on any atom is -0.383 e. The molecule has 0 aliphatic rings. The van der Waals surface area contributed by atoms with Crippen LogP contribution in [0.4, 0.5) is 0 Å². The van der Waals surface area contributed by atoms with Crippen molar-refractivity contribution in [2.24, 2.45) is 5.16 Å². The zero-order valence-corrected chi connectivity index (χ0v) is 14.2. The summed E-state index contributed by atoms with van der Waals surface area (Å²) in [6.07, 6.45) is 5.59. The van der Waals surface area contributed by atoms with E-state index in [0.717, 1.165) is 16.7 Å². The summed E-state index contributed by atoms with van der Waals surface area (Å²) in [4.78, 5) is 5.77. The highest BCUT2D eigenvalue weighted by atomic mass is 16.6. The number of rotatable bonds is 6. The third kappa shape index (κ3) is 5.18. The zero-order chi connectivity index (χ0) is 17.3. The first-order valence-electron chi connectivity index (χ1n) is 8.35. The quantitative estimate of drug-likeness (QED) is 0.414. The summed E-state index contributed by atoms with van der Waals surface area (Å²) in [7, 11) is 0. The van der Waals surface area contributed by atoms with Gasteiger partial charge in [-0.05, 0) is 29.7 Å². The lowest BCUT2D eigenvalue weighted by molar-refractivity contribution is 0.0948. The van der Waals surface area contributed by atoms with Crippen LogP contribution in [-0.2, 0) is 4.84 Å². The van der Waals surface area contributed by atoms with Crippen molar-refractivity contribution < 1.29 is 4.84 Å². The zero-order valence-electron chi connectivity index (χ0n) is 14.2. The number of nitrogens with zero attached hydrogens (tertiary/aromatic N) is 1. The molecule has 0 N–H and O–H groups in total. The van der Waals surface area contributed by atoms with Crippen molar-refractivity contribution in [3.8, 4) is 0 Å². The molecule has 3 aromatic rings. The third-order valence-corrected chi connectivity index (χ3v) is 3.84. The molecule has 0 radical (unpaired) electrons. The summed E-state index contributed by atoms with van der Waals surface area (Å²) < 4.78 is 0. The van der Waals surface area contributed by atoms with Gasteiger partial charge in [0.05, 0.1) is 6.21 Å². The molecule has 3 aromatic carbocycles. The maximum absolute atomic E-state index is 5.77. The highest BCUT2D eigenvalue weighted by molar-refractivity contribution is 5.79. The van der Waals surface area contributed by atoms with E-state index in [2.05, 4.69) is 42.4 Å². The summed E-state index contributed by atoms with van der Waals surface area (Å²) in [5, 5.41) is 4.18. The molecule has 0 saturated heterocycles. The van der Waals surface area contributed by atoms with Gasteiger partial charge in [-0.1, -0.05) is 102 Å². The van der Waals surface area contributed by atoms with E-state index in [-0.39, 0.29) is 6.10 Å². The molecule has 2 nitrogen and oxygen atoms in total. The normalized spacial score (nSPS) is 12.5.